The predicted octanol–water partition coefficient (Wildman–Crippen LogP) is 2.43. The highest BCUT2D eigenvalue weighted by atomic mass is 19.1. The average Bonchev–Trinajstić information content (AvgIpc) is 3.77. The molecule has 0 fully saturated rings. The Bertz CT molecular complexity index is 1640. The summed E-state index contributed by atoms with van der Waals surface area (Å²) in [5, 5.41) is 20.5. The molecule has 0 bridgehead atoms. The second-order valence-corrected chi connectivity index (χ2v) is 8.80. The maximum Gasteiger partial charge on any atom is 0.350 e. The van der Waals surface area contributed by atoms with E-state index in [4.69, 9.17) is 0 Å². The molecule has 0 N–H and O–H groups in total. The highest BCUT2D eigenvalue weighted by Crippen LogP contribution is 2.35. The number of imidazole rings is 2. The van der Waals surface area contributed by atoms with Crippen LogP contribution in [-0.2, 0) is 0 Å². The molecule has 0 aromatic carbocycles. The normalized spacial score (nSPS) is 19.9. The quantitative estimate of drug-likeness (QED) is 0.377. The summed E-state index contributed by atoms with van der Waals surface area (Å²) in [6.45, 7) is 0. The monoisotopic (exact) mass is 524 g/mol. The van der Waals surface area contributed by atoms with Gasteiger partial charge in [0, 0.05) is 60.9 Å². The fourth-order valence-electron chi connectivity index (χ4n) is 4.66. The second-order valence-electron chi connectivity index (χ2n) is 8.80. The van der Waals surface area contributed by atoms with Gasteiger partial charge in [-0.3, -0.25) is 14.1 Å². The van der Waals surface area contributed by atoms with Crippen molar-refractivity contribution in [2.75, 3.05) is 0 Å². The molecule has 2 amide bonds. The molecular formula is C25H19FN11O2+. The van der Waals surface area contributed by atoms with Crippen molar-refractivity contribution < 1.29 is 18.5 Å². The number of pyridine rings is 2. The lowest BCUT2D eigenvalue weighted by Gasteiger charge is -2.24. The number of aromatic nitrogens is 6. The van der Waals surface area contributed by atoms with Gasteiger partial charge in [0.25, 0.3) is 0 Å². The van der Waals surface area contributed by atoms with Gasteiger partial charge in [-0.25, -0.2) is 29.0 Å². The maximum atomic E-state index is 15.1. The molecule has 0 spiro atoms. The van der Waals surface area contributed by atoms with E-state index >= 15 is 4.39 Å². The van der Waals surface area contributed by atoms with Crippen LogP contribution in [0.3, 0.4) is 0 Å². The molecule has 0 saturated carbocycles. The molecule has 192 valence electrons. The van der Waals surface area contributed by atoms with E-state index in [2.05, 4.69) is 31.2 Å². The molecule has 1 unspecified atom stereocenters. The summed E-state index contributed by atoms with van der Waals surface area (Å²) >= 11 is 0. The summed E-state index contributed by atoms with van der Waals surface area (Å²) < 4.78 is 19.2. The van der Waals surface area contributed by atoms with Crippen LogP contribution in [0.25, 0.3) is 0 Å². The third-order valence-electron chi connectivity index (χ3n) is 6.44. The molecule has 0 aliphatic carbocycles. The van der Waals surface area contributed by atoms with Crippen LogP contribution in [0.5, 0.6) is 0 Å². The molecule has 13 nitrogen and oxygen atoms in total. The van der Waals surface area contributed by atoms with E-state index < -0.39 is 36.0 Å². The van der Waals surface area contributed by atoms with Gasteiger partial charge >= 0.3 is 12.1 Å². The van der Waals surface area contributed by atoms with E-state index in [9.17, 15) is 14.9 Å². The number of nitrogens with zero attached hydrogens (tertiary/aromatic N) is 11. The molecular weight excluding hydrogens is 505 g/mol. The number of carbonyl (C=O) groups is 2. The van der Waals surface area contributed by atoms with Gasteiger partial charge < -0.3 is 0 Å². The highest BCUT2D eigenvalue weighted by molar-refractivity contribution is 5.81. The largest absolute Gasteiger partial charge is 0.350 e. The van der Waals surface area contributed by atoms with Gasteiger partial charge in [0.05, 0.1) is 17.8 Å². The summed E-state index contributed by atoms with van der Waals surface area (Å²) in [5.74, 6) is -0.551. The van der Waals surface area contributed by atoms with E-state index in [1.807, 2.05) is 0 Å². The first kappa shape index (κ1) is 23.8. The Morgan fingerprint density at radius 2 is 1.69 bits per heavy atom. The zero-order valence-corrected chi connectivity index (χ0v) is 20.1. The molecule has 3 atom stereocenters. The molecule has 39 heavy (non-hydrogen) atoms. The first-order valence-corrected chi connectivity index (χ1v) is 11.8. The Kier molecular flexibility index (Phi) is 5.92. The van der Waals surface area contributed by atoms with Crippen molar-refractivity contribution in [3.63, 3.8) is 0 Å². The van der Waals surface area contributed by atoms with Gasteiger partial charge in [0.15, 0.2) is 18.1 Å². The number of carbonyl (C=O) groups excluding carboxylic acids is 2. The number of rotatable bonds is 3. The third-order valence-corrected chi connectivity index (χ3v) is 6.44. The number of nitriles is 1. The molecule has 0 saturated heterocycles. The van der Waals surface area contributed by atoms with Crippen LogP contribution in [0.1, 0.15) is 41.2 Å². The first-order valence-electron chi connectivity index (χ1n) is 11.8. The van der Waals surface area contributed by atoms with Crippen LogP contribution >= 0.6 is 0 Å². The van der Waals surface area contributed by atoms with Gasteiger partial charge in [-0.15, -0.1) is 0 Å². The zero-order chi connectivity index (χ0) is 26.9. The van der Waals surface area contributed by atoms with Gasteiger partial charge in [0.2, 0.25) is 12.2 Å². The van der Waals surface area contributed by atoms with Gasteiger partial charge in [-0.1, -0.05) is 0 Å². The summed E-state index contributed by atoms with van der Waals surface area (Å²) in [6.07, 6.45) is 18.1. The minimum absolute atomic E-state index is 0.301. The maximum absolute atomic E-state index is 15.1. The fourth-order valence-corrected chi connectivity index (χ4v) is 4.66. The van der Waals surface area contributed by atoms with Crippen molar-refractivity contribution in [1.29, 1.82) is 5.26 Å². The van der Waals surface area contributed by atoms with Crippen LogP contribution in [-0.4, -0.2) is 58.6 Å². The van der Waals surface area contributed by atoms with Crippen LogP contribution in [0.4, 0.5) is 14.0 Å². The third kappa shape index (κ3) is 4.31. The smallest absolute Gasteiger partial charge is 0.263 e. The molecule has 4 aromatic rings. The van der Waals surface area contributed by atoms with Crippen LogP contribution in [0, 0.1) is 17.1 Å². The number of amides is 2. The van der Waals surface area contributed by atoms with Crippen molar-refractivity contribution in [3.05, 3.63) is 96.9 Å². The Hall–Kier alpha value is -5.58. The Labute approximate surface area is 220 Å². The molecule has 14 heteroatoms. The lowest BCUT2D eigenvalue weighted by Crippen LogP contribution is -2.46. The standard InChI is InChI=1S/C25H19FN11O2/c26-20-8-19(21-1-2-31-36(21)24(38)33-5-3-28-15-33)13-35(14-20)22-12-32-37(25(39)34-6-4-29-16-34)23(22)18-7-17(9-27)10-30-11-18/h2-8,10-16,21-23H,1H2/q+1/t21-,22?,23+/m0/s1. The molecule has 0 radical (unpaired) electrons. The topological polar surface area (TPSA) is 142 Å². The van der Waals surface area contributed by atoms with Gasteiger partial charge in [-0.2, -0.15) is 25.0 Å². The highest BCUT2D eigenvalue weighted by Gasteiger charge is 2.44. The summed E-state index contributed by atoms with van der Waals surface area (Å²) in [5.41, 5.74) is 1.33. The van der Waals surface area contributed by atoms with Crippen molar-refractivity contribution in [3.8, 4) is 6.07 Å². The second kappa shape index (κ2) is 9.71. The zero-order valence-electron chi connectivity index (χ0n) is 20.1. The molecule has 2 aliphatic heterocycles. The minimum atomic E-state index is -0.760. The van der Waals surface area contributed by atoms with Crippen molar-refractivity contribution in [2.45, 2.75) is 24.5 Å². The van der Waals surface area contributed by atoms with Gasteiger partial charge in [0.1, 0.15) is 18.7 Å². The molecule has 2 aliphatic rings. The van der Waals surface area contributed by atoms with E-state index in [1.54, 1.807) is 29.2 Å². The van der Waals surface area contributed by atoms with Crippen molar-refractivity contribution >= 4 is 24.5 Å². The van der Waals surface area contributed by atoms with E-state index in [1.165, 1.54) is 81.3 Å². The van der Waals surface area contributed by atoms with Gasteiger partial charge in [-0.05, 0) is 12.1 Å². The average molecular weight is 525 g/mol. The Morgan fingerprint density at radius 3 is 2.38 bits per heavy atom. The number of hydrogen-bond acceptors (Lipinski definition) is 8. The lowest BCUT2D eigenvalue weighted by atomic mass is 9.99. The SMILES string of the molecule is N#Cc1cncc([C@@H]2C([n+]3cc(F)cc([C@@H]4CC=NN4C(=O)n4ccnc4)c3)C=NN2C(=O)n2ccnc2)c1. The number of hydrazone groups is 2. The first-order chi connectivity index (χ1) is 19.0. The minimum Gasteiger partial charge on any atom is -0.263 e. The van der Waals surface area contributed by atoms with E-state index in [-0.39, 0.29) is 0 Å². The lowest BCUT2D eigenvalue weighted by molar-refractivity contribution is -0.711. The van der Waals surface area contributed by atoms with Crippen LogP contribution in [0.15, 0.2) is 84.6 Å². The van der Waals surface area contributed by atoms with Crippen molar-refractivity contribution in [1.82, 2.24) is 34.1 Å². The van der Waals surface area contributed by atoms with E-state index in [0.717, 1.165) is 0 Å². The predicted molar refractivity (Wildman–Crippen MR) is 131 cm³/mol. The van der Waals surface area contributed by atoms with Crippen LogP contribution < -0.4 is 4.57 Å². The number of halogens is 1. The summed E-state index contributed by atoms with van der Waals surface area (Å²) in [6, 6.07) is 2.10. The molecule has 6 rings (SSSR count). The Morgan fingerprint density at radius 1 is 0.949 bits per heavy atom. The molecule has 6 heterocycles. The fraction of sp³-hybridized carbons (Fsp3) is 0.160. The van der Waals surface area contributed by atoms with Crippen LogP contribution in [0.2, 0.25) is 0 Å². The Balaban J connectivity index is 1.38. The summed E-state index contributed by atoms with van der Waals surface area (Å²) in [4.78, 5) is 38.3. The molecule has 4 aromatic heterocycles. The van der Waals surface area contributed by atoms with E-state index in [0.29, 0.717) is 23.1 Å². The number of hydrogen-bond donors (Lipinski definition) is 0. The summed E-state index contributed by atoms with van der Waals surface area (Å²) in [7, 11) is 0. The van der Waals surface area contributed by atoms with Crippen molar-refractivity contribution in [2.24, 2.45) is 10.2 Å².